The molecule has 0 unspecified atom stereocenters. The molecule has 6 nitrogen and oxygen atoms in total. The molecule has 0 saturated heterocycles. The minimum absolute atomic E-state index is 0.304. The van der Waals surface area contributed by atoms with E-state index < -0.39 is 0 Å². The van der Waals surface area contributed by atoms with Gasteiger partial charge >= 0.3 is 0 Å². The number of halogens is 1. The molecule has 8 heteroatoms. The first kappa shape index (κ1) is 16.3. The van der Waals surface area contributed by atoms with Crippen LogP contribution in [0.25, 0.3) is 5.69 Å². The average Bonchev–Trinajstić information content (AvgIpc) is 3.08. The molecule has 0 N–H and O–H groups in total. The Hall–Kier alpha value is -2.61. The molecular formula is C16H15FN4O2S. The summed E-state index contributed by atoms with van der Waals surface area (Å²) >= 11 is 1.40. The second-order valence-electron chi connectivity index (χ2n) is 4.82. The minimum Gasteiger partial charge on any atom is -0.497 e. The molecule has 2 aromatic carbocycles. The van der Waals surface area contributed by atoms with Gasteiger partial charge in [0.1, 0.15) is 17.3 Å². The molecular weight excluding hydrogens is 331 g/mol. The number of rotatable bonds is 6. The maximum absolute atomic E-state index is 13.4. The molecule has 0 aliphatic carbocycles. The normalized spacial score (nSPS) is 10.6. The fourth-order valence-corrected chi connectivity index (χ4v) is 3.03. The zero-order valence-electron chi connectivity index (χ0n) is 13.1. The van der Waals surface area contributed by atoms with Crippen molar-refractivity contribution < 1.29 is 13.9 Å². The second kappa shape index (κ2) is 7.31. The van der Waals surface area contributed by atoms with Gasteiger partial charge in [0.2, 0.25) is 5.16 Å². The second-order valence-corrected chi connectivity index (χ2v) is 5.76. The number of benzene rings is 2. The predicted octanol–water partition coefficient (Wildman–Crippen LogP) is 3.11. The van der Waals surface area contributed by atoms with E-state index in [1.165, 1.54) is 23.9 Å². The lowest BCUT2D eigenvalue weighted by Gasteiger charge is -2.08. The van der Waals surface area contributed by atoms with Crippen LogP contribution in [-0.4, -0.2) is 34.4 Å². The average molecular weight is 346 g/mol. The summed E-state index contributed by atoms with van der Waals surface area (Å²) < 4.78 is 25.5. The van der Waals surface area contributed by atoms with E-state index in [0.29, 0.717) is 16.7 Å². The topological polar surface area (TPSA) is 62.1 Å². The van der Waals surface area contributed by atoms with Crippen LogP contribution in [0, 0.1) is 5.82 Å². The summed E-state index contributed by atoms with van der Waals surface area (Å²) in [5.74, 6) is 1.57. The fourth-order valence-electron chi connectivity index (χ4n) is 2.16. The van der Waals surface area contributed by atoms with Crippen molar-refractivity contribution in [3.8, 4) is 17.2 Å². The molecule has 0 bridgehead atoms. The molecule has 0 atom stereocenters. The Bertz CT molecular complexity index is 823. The molecule has 1 aromatic heterocycles. The van der Waals surface area contributed by atoms with E-state index in [1.54, 1.807) is 25.0 Å². The first-order valence-corrected chi connectivity index (χ1v) is 8.08. The van der Waals surface area contributed by atoms with Gasteiger partial charge in [-0.25, -0.2) is 4.39 Å². The number of aromatic nitrogens is 4. The van der Waals surface area contributed by atoms with Crippen molar-refractivity contribution in [3.05, 3.63) is 53.8 Å². The van der Waals surface area contributed by atoms with Gasteiger partial charge in [-0.05, 0) is 52.9 Å². The lowest BCUT2D eigenvalue weighted by atomic mass is 10.2. The molecule has 0 amide bonds. The van der Waals surface area contributed by atoms with Gasteiger partial charge < -0.3 is 9.47 Å². The van der Waals surface area contributed by atoms with Gasteiger partial charge in [-0.15, -0.1) is 5.10 Å². The molecule has 3 rings (SSSR count). The lowest BCUT2D eigenvalue weighted by Crippen LogP contribution is -1.99. The van der Waals surface area contributed by atoms with Crippen molar-refractivity contribution in [2.24, 2.45) is 0 Å². The number of methoxy groups -OCH3 is 2. The lowest BCUT2D eigenvalue weighted by molar-refractivity contribution is 0.410. The monoisotopic (exact) mass is 346 g/mol. The standard InChI is InChI=1S/C16H15FN4O2S/c1-22-14-6-4-13(5-7-14)21-16(18-19-20-21)24-10-11-9-12(17)3-8-15(11)23-2/h3-9H,10H2,1-2H3. The van der Waals surface area contributed by atoms with Gasteiger partial charge in [0.15, 0.2) is 0 Å². The number of tetrazole rings is 1. The molecule has 3 aromatic rings. The van der Waals surface area contributed by atoms with Crippen LogP contribution in [0.15, 0.2) is 47.6 Å². The molecule has 0 spiro atoms. The third-order valence-electron chi connectivity index (χ3n) is 3.36. The Morgan fingerprint density at radius 1 is 1.08 bits per heavy atom. The van der Waals surface area contributed by atoms with Crippen LogP contribution in [0.3, 0.4) is 0 Å². The van der Waals surface area contributed by atoms with Gasteiger partial charge in [0, 0.05) is 11.3 Å². The van der Waals surface area contributed by atoms with Crippen LogP contribution in [0.2, 0.25) is 0 Å². The minimum atomic E-state index is -0.304. The highest BCUT2D eigenvalue weighted by Crippen LogP contribution is 2.28. The molecule has 1 heterocycles. The highest BCUT2D eigenvalue weighted by molar-refractivity contribution is 7.98. The third-order valence-corrected chi connectivity index (χ3v) is 4.33. The molecule has 24 heavy (non-hydrogen) atoms. The zero-order chi connectivity index (χ0) is 16.9. The quantitative estimate of drug-likeness (QED) is 0.639. The Morgan fingerprint density at radius 3 is 2.58 bits per heavy atom. The maximum Gasteiger partial charge on any atom is 0.214 e. The van der Waals surface area contributed by atoms with Gasteiger partial charge in [-0.3, -0.25) is 0 Å². The maximum atomic E-state index is 13.4. The van der Waals surface area contributed by atoms with E-state index in [9.17, 15) is 4.39 Å². The molecule has 0 radical (unpaired) electrons. The predicted molar refractivity (Wildman–Crippen MR) is 88.2 cm³/mol. The fraction of sp³-hybridized carbons (Fsp3) is 0.188. The molecule has 124 valence electrons. The van der Waals surface area contributed by atoms with E-state index >= 15 is 0 Å². The van der Waals surface area contributed by atoms with Crippen molar-refractivity contribution in [1.29, 1.82) is 0 Å². The highest BCUT2D eigenvalue weighted by atomic mass is 32.2. The summed E-state index contributed by atoms with van der Waals surface area (Å²) in [5, 5.41) is 12.4. The first-order chi connectivity index (χ1) is 11.7. The first-order valence-electron chi connectivity index (χ1n) is 7.09. The van der Waals surface area contributed by atoms with Crippen LogP contribution in [0.1, 0.15) is 5.56 Å². The number of ether oxygens (including phenoxy) is 2. The SMILES string of the molecule is COc1ccc(-n2nnnc2SCc2cc(F)ccc2OC)cc1. The van der Waals surface area contributed by atoms with Crippen LogP contribution >= 0.6 is 11.8 Å². The molecule has 0 aliphatic rings. The summed E-state index contributed by atoms with van der Waals surface area (Å²) in [4.78, 5) is 0. The van der Waals surface area contributed by atoms with Gasteiger partial charge in [0.25, 0.3) is 0 Å². The van der Waals surface area contributed by atoms with Crippen LogP contribution < -0.4 is 9.47 Å². The third kappa shape index (κ3) is 3.48. The number of hydrogen-bond donors (Lipinski definition) is 0. The van der Waals surface area contributed by atoms with Gasteiger partial charge in [0.05, 0.1) is 19.9 Å². The highest BCUT2D eigenvalue weighted by Gasteiger charge is 2.12. The van der Waals surface area contributed by atoms with Gasteiger partial charge in [-0.2, -0.15) is 4.68 Å². The van der Waals surface area contributed by atoms with Crippen molar-refractivity contribution in [2.75, 3.05) is 14.2 Å². The largest absolute Gasteiger partial charge is 0.497 e. The van der Waals surface area contributed by atoms with E-state index in [1.807, 2.05) is 24.3 Å². The number of hydrogen-bond acceptors (Lipinski definition) is 6. The van der Waals surface area contributed by atoms with Crippen LogP contribution in [0.4, 0.5) is 4.39 Å². The van der Waals surface area contributed by atoms with E-state index in [2.05, 4.69) is 15.5 Å². The Balaban J connectivity index is 1.80. The Labute approximate surface area is 142 Å². The number of nitrogens with zero attached hydrogens (tertiary/aromatic N) is 4. The molecule has 0 aliphatic heterocycles. The zero-order valence-corrected chi connectivity index (χ0v) is 14.0. The van der Waals surface area contributed by atoms with Crippen molar-refractivity contribution >= 4 is 11.8 Å². The van der Waals surface area contributed by atoms with Crippen molar-refractivity contribution in [1.82, 2.24) is 20.2 Å². The Kier molecular flexibility index (Phi) is 4.95. The molecule has 0 saturated carbocycles. The van der Waals surface area contributed by atoms with Crippen LogP contribution in [0.5, 0.6) is 11.5 Å². The van der Waals surface area contributed by atoms with Crippen molar-refractivity contribution in [3.63, 3.8) is 0 Å². The Morgan fingerprint density at radius 2 is 1.88 bits per heavy atom. The molecule has 0 fully saturated rings. The van der Waals surface area contributed by atoms with E-state index in [4.69, 9.17) is 9.47 Å². The van der Waals surface area contributed by atoms with E-state index in [0.717, 1.165) is 17.0 Å². The smallest absolute Gasteiger partial charge is 0.214 e. The summed E-state index contributed by atoms with van der Waals surface area (Å²) in [6, 6.07) is 11.8. The van der Waals surface area contributed by atoms with Crippen molar-refractivity contribution in [2.45, 2.75) is 10.9 Å². The number of thioether (sulfide) groups is 1. The summed E-state index contributed by atoms with van der Waals surface area (Å²) in [5.41, 5.74) is 1.56. The summed E-state index contributed by atoms with van der Waals surface area (Å²) in [6.07, 6.45) is 0. The van der Waals surface area contributed by atoms with Gasteiger partial charge in [-0.1, -0.05) is 11.8 Å². The summed E-state index contributed by atoms with van der Waals surface area (Å²) in [7, 11) is 3.17. The summed E-state index contributed by atoms with van der Waals surface area (Å²) in [6.45, 7) is 0. The van der Waals surface area contributed by atoms with E-state index in [-0.39, 0.29) is 5.82 Å². The van der Waals surface area contributed by atoms with Crippen LogP contribution in [-0.2, 0) is 5.75 Å².